The first kappa shape index (κ1) is 21.4. The van der Waals surface area contributed by atoms with Gasteiger partial charge in [0.25, 0.3) is 0 Å². The number of aliphatic hydroxyl groups is 1. The van der Waals surface area contributed by atoms with Crippen molar-refractivity contribution in [1.29, 1.82) is 0 Å². The summed E-state index contributed by atoms with van der Waals surface area (Å²) in [5, 5.41) is 10.2. The van der Waals surface area contributed by atoms with Gasteiger partial charge in [0, 0.05) is 0 Å². The van der Waals surface area contributed by atoms with Gasteiger partial charge in [-0.25, -0.2) is 0 Å². The molecule has 162 valence electrons. The van der Waals surface area contributed by atoms with Gasteiger partial charge in [-0.15, -0.1) is 0 Å². The van der Waals surface area contributed by atoms with Crippen molar-refractivity contribution in [1.82, 2.24) is 0 Å². The van der Waals surface area contributed by atoms with E-state index in [0.717, 1.165) is 36.5 Å². The minimum Gasteiger partial charge on any atom is -0.393 e. The lowest BCUT2D eigenvalue weighted by atomic mass is 9.50. The number of fused-ring (bicyclic) bond motifs is 5. The second-order valence-electron chi connectivity index (χ2n) is 11.9. The van der Waals surface area contributed by atoms with Crippen LogP contribution in [0.4, 0.5) is 0 Å². The molecule has 1 N–H and O–H groups in total. The van der Waals surface area contributed by atoms with Gasteiger partial charge in [0.1, 0.15) is 0 Å². The SMILES string of the molecule is CC(C)[C@@H](C)C=C[C@H](C)[C@H]1CC[C@@H]2C3=CC=C4C[C@@H](O)CC[C@]4(C)[C@@H]3CC[C@@]21C. The Kier molecular flexibility index (Phi) is 5.69. The second-order valence-corrected chi connectivity index (χ2v) is 11.9. The largest absolute Gasteiger partial charge is 0.393 e. The Morgan fingerprint density at radius 1 is 0.931 bits per heavy atom. The molecule has 0 aromatic carbocycles. The number of hydrogen-bond acceptors (Lipinski definition) is 1. The van der Waals surface area contributed by atoms with Crippen LogP contribution in [0.2, 0.25) is 0 Å². The highest BCUT2D eigenvalue weighted by molar-refractivity contribution is 5.39. The summed E-state index contributed by atoms with van der Waals surface area (Å²) >= 11 is 0. The molecule has 4 aliphatic rings. The van der Waals surface area contributed by atoms with Crippen LogP contribution in [-0.2, 0) is 0 Å². The van der Waals surface area contributed by atoms with Crippen LogP contribution >= 0.6 is 0 Å². The lowest BCUT2D eigenvalue weighted by molar-refractivity contribution is 0.0382. The fraction of sp³-hybridized carbons (Fsp3) is 0.786. The summed E-state index contributed by atoms with van der Waals surface area (Å²) in [5.74, 6) is 4.38. The van der Waals surface area contributed by atoms with E-state index in [1.165, 1.54) is 37.7 Å². The van der Waals surface area contributed by atoms with E-state index >= 15 is 0 Å². The van der Waals surface area contributed by atoms with Crippen molar-refractivity contribution in [2.24, 2.45) is 46.3 Å². The zero-order valence-electron chi connectivity index (χ0n) is 19.7. The molecule has 1 nitrogen and oxygen atoms in total. The summed E-state index contributed by atoms with van der Waals surface area (Å²) in [4.78, 5) is 0. The normalized spacial score (nSPS) is 44.0. The first-order valence-electron chi connectivity index (χ1n) is 12.4. The molecular formula is C28H44O. The Bertz CT molecular complexity index is 712. The quantitative estimate of drug-likeness (QED) is 0.493. The summed E-state index contributed by atoms with van der Waals surface area (Å²) in [6.07, 6.45) is 18.4. The van der Waals surface area contributed by atoms with Crippen LogP contribution in [-0.4, -0.2) is 11.2 Å². The van der Waals surface area contributed by atoms with Crippen LogP contribution < -0.4 is 0 Å². The van der Waals surface area contributed by atoms with Crippen molar-refractivity contribution in [2.45, 2.75) is 92.6 Å². The van der Waals surface area contributed by atoms with Crippen LogP contribution in [0.25, 0.3) is 0 Å². The summed E-state index contributed by atoms with van der Waals surface area (Å²) in [5.41, 5.74) is 4.07. The zero-order valence-corrected chi connectivity index (χ0v) is 19.7. The Labute approximate surface area is 179 Å². The monoisotopic (exact) mass is 396 g/mol. The molecule has 0 amide bonds. The smallest absolute Gasteiger partial charge is 0.0578 e. The minimum absolute atomic E-state index is 0.116. The number of hydrogen-bond donors (Lipinski definition) is 1. The lowest BCUT2D eigenvalue weighted by Gasteiger charge is -2.55. The van der Waals surface area contributed by atoms with E-state index in [9.17, 15) is 5.11 Å². The van der Waals surface area contributed by atoms with E-state index in [0.29, 0.717) is 22.7 Å². The molecule has 0 saturated heterocycles. The van der Waals surface area contributed by atoms with Crippen molar-refractivity contribution in [3.05, 3.63) is 35.5 Å². The van der Waals surface area contributed by atoms with Crippen molar-refractivity contribution < 1.29 is 5.11 Å². The van der Waals surface area contributed by atoms with E-state index in [1.807, 2.05) is 0 Å². The third-order valence-electron chi connectivity index (χ3n) is 10.0. The van der Waals surface area contributed by atoms with E-state index in [4.69, 9.17) is 0 Å². The Morgan fingerprint density at radius 2 is 1.69 bits per heavy atom. The predicted molar refractivity (Wildman–Crippen MR) is 123 cm³/mol. The molecule has 0 aromatic rings. The lowest BCUT2D eigenvalue weighted by Crippen LogP contribution is -2.46. The summed E-state index contributed by atoms with van der Waals surface area (Å²) in [7, 11) is 0. The molecule has 0 aliphatic heterocycles. The molecule has 0 bridgehead atoms. The van der Waals surface area contributed by atoms with Crippen LogP contribution in [0, 0.1) is 46.3 Å². The Hall–Kier alpha value is -0.820. The molecule has 4 rings (SSSR count). The van der Waals surface area contributed by atoms with Crippen molar-refractivity contribution in [3.63, 3.8) is 0 Å². The number of aliphatic hydroxyl groups excluding tert-OH is 1. The van der Waals surface area contributed by atoms with Crippen LogP contribution in [0.3, 0.4) is 0 Å². The average molecular weight is 397 g/mol. The molecule has 0 unspecified atom stereocenters. The standard InChI is InChI=1S/C28H44O/c1-18(2)19(3)7-8-20(4)24-11-12-25-23-10-9-21-17-22(29)13-15-27(21,5)26(23)14-16-28(24,25)6/h7-10,18-20,22,24-26,29H,11-17H2,1-6H3/t19-,20-,22-,24+,25+,26+,27-,28+/m0/s1. The molecule has 8 atom stereocenters. The fourth-order valence-electron chi connectivity index (χ4n) is 7.59. The molecule has 3 saturated carbocycles. The number of allylic oxidation sites excluding steroid dienone is 5. The van der Waals surface area contributed by atoms with Crippen molar-refractivity contribution in [2.75, 3.05) is 0 Å². The van der Waals surface area contributed by atoms with Gasteiger partial charge in [-0.05, 0) is 91.3 Å². The molecule has 0 spiro atoms. The molecule has 0 heterocycles. The summed E-state index contributed by atoms with van der Waals surface area (Å²) in [6.45, 7) is 14.6. The molecule has 29 heavy (non-hydrogen) atoms. The maximum atomic E-state index is 10.2. The van der Waals surface area contributed by atoms with Gasteiger partial charge in [-0.1, -0.05) is 77.0 Å². The van der Waals surface area contributed by atoms with Gasteiger partial charge in [0.05, 0.1) is 6.10 Å². The van der Waals surface area contributed by atoms with E-state index in [-0.39, 0.29) is 6.10 Å². The highest BCUT2D eigenvalue weighted by atomic mass is 16.3. The van der Waals surface area contributed by atoms with Crippen LogP contribution in [0.15, 0.2) is 35.5 Å². The van der Waals surface area contributed by atoms with Crippen LogP contribution in [0.1, 0.15) is 86.5 Å². The molecule has 3 fully saturated rings. The van der Waals surface area contributed by atoms with Gasteiger partial charge in [0.2, 0.25) is 0 Å². The summed E-state index contributed by atoms with van der Waals surface area (Å²) < 4.78 is 0. The minimum atomic E-state index is -0.116. The zero-order chi connectivity index (χ0) is 21.0. The predicted octanol–water partition coefficient (Wildman–Crippen LogP) is 7.33. The van der Waals surface area contributed by atoms with Gasteiger partial charge in [0.15, 0.2) is 0 Å². The summed E-state index contributed by atoms with van der Waals surface area (Å²) in [6, 6.07) is 0. The first-order valence-corrected chi connectivity index (χ1v) is 12.4. The topological polar surface area (TPSA) is 20.2 Å². The first-order chi connectivity index (χ1) is 13.7. The highest BCUT2D eigenvalue weighted by Crippen LogP contribution is 2.65. The third kappa shape index (κ3) is 3.50. The number of rotatable bonds is 4. The van der Waals surface area contributed by atoms with E-state index in [2.05, 4.69) is 65.8 Å². The van der Waals surface area contributed by atoms with Crippen molar-refractivity contribution >= 4 is 0 Å². The molecular weight excluding hydrogens is 352 g/mol. The molecule has 0 aromatic heterocycles. The Morgan fingerprint density at radius 3 is 2.41 bits per heavy atom. The van der Waals surface area contributed by atoms with E-state index in [1.54, 1.807) is 5.57 Å². The molecule has 0 radical (unpaired) electrons. The third-order valence-corrected chi connectivity index (χ3v) is 10.0. The fourth-order valence-corrected chi connectivity index (χ4v) is 7.59. The maximum absolute atomic E-state index is 10.2. The van der Waals surface area contributed by atoms with Gasteiger partial charge >= 0.3 is 0 Å². The van der Waals surface area contributed by atoms with Gasteiger partial charge < -0.3 is 5.11 Å². The highest BCUT2D eigenvalue weighted by Gasteiger charge is 2.56. The molecule has 4 aliphatic carbocycles. The Balaban J connectivity index is 1.57. The average Bonchev–Trinajstić information content (AvgIpc) is 3.03. The van der Waals surface area contributed by atoms with Gasteiger partial charge in [-0.2, -0.15) is 0 Å². The van der Waals surface area contributed by atoms with E-state index < -0.39 is 0 Å². The molecule has 1 heteroatoms. The van der Waals surface area contributed by atoms with Crippen molar-refractivity contribution in [3.8, 4) is 0 Å². The second kappa shape index (κ2) is 7.70. The van der Waals surface area contributed by atoms with Crippen LogP contribution in [0.5, 0.6) is 0 Å². The maximum Gasteiger partial charge on any atom is 0.0578 e. The van der Waals surface area contributed by atoms with Gasteiger partial charge in [-0.3, -0.25) is 0 Å².